The lowest BCUT2D eigenvalue weighted by Crippen LogP contribution is -2.19. The number of rotatable bonds is 6. The molecule has 1 aliphatic carbocycles. The lowest BCUT2D eigenvalue weighted by Gasteiger charge is -2.17. The summed E-state index contributed by atoms with van der Waals surface area (Å²) in [5.74, 6) is 0. The van der Waals surface area contributed by atoms with Crippen LogP contribution in [0.4, 0.5) is 0 Å². The lowest BCUT2D eigenvalue weighted by molar-refractivity contribution is 0.522. The van der Waals surface area contributed by atoms with Crippen molar-refractivity contribution in [1.82, 2.24) is 5.32 Å². The fourth-order valence-electron chi connectivity index (χ4n) is 3.19. The Labute approximate surface area is 132 Å². The third-order valence-corrected chi connectivity index (χ3v) is 5.76. The van der Waals surface area contributed by atoms with Crippen LogP contribution >= 0.6 is 11.3 Å². The molecule has 3 rings (SSSR count). The predicted molar refractivity (Wildman–Crippen MR) is 92.0 cm³/mol. The third kappa shape index (κ3) is 3.38. The molecule has 1 nitrogen and oxygen atoms in total. The number of fused-ring (bicyclic) bond motifs is 1. The summed E-state index contributed by atoms with van der Waals surface area (Å²) in [5, 5.41) is 3.74. The highest BCUT2D eigenvalue weighted by molar-refractivity contribution is 7.12. The molecule has 1 atom stereocenters. The zero-order chi connectivity index (χ0) is 14.7. The summed E-state index contributed by atoms with van der Waals surface area (Å²) < 4.78 is 0. The summed E-state index contributed by atoms with van der Waals surface area (Å²) in [6.07, 6.45) is 6.20. The van der Waals surface area contributed by atoms with E-state index in [1.165, 1.54) is 35.3 Å². The van der Waals surface area contributed by atoms with Gasteiger partial charge < -0.3 is 5.32 Å². The molecule has 1 aromatic heterocycles. The molecule has 0 bridgehead atoms. The molecule has 21 heavy (non-hydrogen) atoms. The molecular formula is C19H25NS. The van der Waals surface area contributed by atoms with E-state index in [9.17, 15) is 0 Å². The van der Waals surface area contributed by atoms with Gasteiger partial charge in [0.1, 0.15) is 0 Å². The molecule has 0 radical (unpaired) electrons. The fourth-order valence-corrected chi connectivity index (χ4v) is 4.40. The van der Waals surface area contributed by atoms with Gasteiger partial charge in [-0.1, -0.05) is 38.1 Å². The Balaban J connectivity index is 1.63. The Morgan fingerprint density at radius 2 is 1.95 bits per heavy atom. The van der Waals surface area contributed by atoms with Crippen molar-refractivity contribution in [3.63, 3.8) is 0 Å². The number of hydrogen-bond acceptors (Lipinski definition) is 2. The Morgan fingerprint density at radius 3 is 2.62 bits per heavy atom. The summed E-state index contributed by atoms with van der Waals surface area (Å²) in [6, 6.07) is 12.0. The second-order valence-electron chi connectivity index (χ2n) is 5.95. The lowest BCUT2D eigenvalue weighted by atomic mass is 10.0. The zero-order valence-corrected chi connectivity index (χ0v) is 13.9. The Morgan fingerprint density at radius 1 is 1.14 bits per heavy atom. The van der Waals surface area contributed by atoms with Crippen LogP contribution in [0, 0.1) is 0 Å². The zero-order valence-electron chi connectivity index (χ0n) is 13.1. The van der Waals surface area contributed by atoms with Crippen molar-refractivity contribution < 1.29 is 0 Å². The maximum Gasteiger partial charge on any atom is 0.0320 e. The van der Waals surface area contributed by atoms with Gasteiger partial charge in [0, 0.05) is 22.3 Å². The molecule has 1 N–H and O–H groups in total. The summed E-state index contributed by atoms with van der Waals surface area (Å²) >= 11 is 2.01. The minimum atomic E-state index is 0.466. The van der Waals surface area contributed by atoms with Gasteiger partial charge >= 0.3 is 0 Å². The van der Waals surface area contributed by atoms with Crippen LogP contribution in [0.3, 0.4) is 0 Å². The molecule has 1 heterocycles. The first-order valence-electron chi connectivity index (χ1n) is 8.22. The van der Waals surface area contributed by atoms with E-state index in [-0.39, 0.29) is 0 Å². The molecular weight excluding hydrogens is 274 g/mol. The van der Waals surface area contributed by atoms with Crippen molar-refractivity contribution in [3.05, 3.63) is 56.8 Å². The maximum absolute atomic E-state index is 3.74. The van der Waals surface area contributed by atoms with Crippen LogP contribution in [-0.4, -0.2) is 0 Å². The highest BCUT2D eigenvalue weighted by Crippen LogP contribution is 2.31. The summed E-state index contributed by atoms with van der Waals surface area (Å²) in [4.78, 5) is 3.13. The largest absolute Gasteiger partial charge is 0.305 e. The van der Waals surface area contributed by atoms with E-state index in [0.717, 1.165) is 19.4 Å². The van der Waals surface area contributed by atoms with Crippen molar-refractivity contribution in [2.24, 2.45) is 0 Å². The topological polar surface area (TPSA) is 12.0 Å². The van der Waals surface area contributed by atoms with Gasteiger partial charge in [-0.25, -0.2) is 0 Å². The molecule has 0 spiro atoms. The first-order chi connectivity index (χ1) is 10.3. The average Bonchev–Trinajstić information content (AvgIpc) is 3.10. The first-order valence-corrected chi connectivity index (χ1v) is 9.04. The molecule has 0 saturated carbocycles. The first kappa shape index (κ1) is 14.8. The number of nitrogens with one attached hydrogen (secondary N) is 1. The van der Waals surface area contributed by atoms with Crippen LogP contribution in [0.25, 0.3) is 0 Å². The van der Waals surface area contributed by atoms with Gasteiger partial charge in [0.15, 0.2) is 0 Å². The van der Waals surface area contributed by atoms with Gasteiger partial charge in [0.05, 0.1) is 0 Å². The Hall–Kier alpha value is -1.12. The molecule has 1 unspecified atom stereocenters. The van der Waals surface area contributed by atoms with Crippen molar-refractivity contribution in [3.8, 4) is 0 Å². The van der Waals surface area contributed by atoms with E-state index >= 15 is 0 Å². The molecule has 0 fully saturated rings. The number of benzene rings is 1. The van der Waals surface area contributed by atoms with Gasteiger partial charge in [0.25, 0.3) is 0 Å². The Kier molecular flexibility index (Phi) is 4.77. The minimum absolute atomic E-state index is 0.466. The van der Waals surface area contributed by atoms with Gasteiger partial charge in [-0.05, 0) is 54.9 Å². The average molecular weight is 299 g/mol. The van der Waals surface area contributed by atoms with Crippen LogP contribution in [0.5, 0.6) is 0 Å². The smallest absolute Gasteiger partial charge is 0.0320 e. The molecule has 0 aliphatic heterocycles. The second kappa shape index (κ2) is 6.76. The molecule has 0 amide bonds. The maximum atomic E-state index is 3.74. The van der Waals surface area contributed by atoms with Gasteiger partial charge in [0.2, 0.25) is 0 Å². The Bertz CT molecular complexity index is 561. The summed E-state index contributed by atoms with van der Waals surface area (Å²) in [6.45, 7) is 5.48. The molecule has 1 aliphatic rings. The molecule has 2 heteroatoms. The number of aryl methyl sites for hydroxylation is 3. The molecule has 0 saturated heterocycles. The monoisotopic (exact) mass is 299 g/mol. The van der Waals surface area contributed by atoms with Crippen LogP contribution in [0.15, 0.2) is 30.3 Å². The standard InChI is InChI=1S/C19H25NS/c1-3-14-8-10-15(11-9-14)18(4-2)20-13-17-12-16-6-5-7-19(16)21-17/h8-12,18,20H,3-7,13H2,1-2H3. The highest BCUT2D eigenvalue weighted by atomic mass is 32.1. The van der Waals surface area contributed by atoms with Crippen LogP contribution in [-0.2, 0) is 25.8 Å². The van der Waals surface area contributed by atoms with Gasteiger partial charge in [-0.2, -0.15) is 0 Å². The van der Waals surface area contributed by atoms with E-state index in [4.69, 9.17) is 0 Å². The van der Waals surface area contributed by atoms with Gasteiger partial charge in [-0.15, -0.1) is 11.3 Å². The van der Waals surface area contributed by atoms with E-state index in [1.807, 2.05) is 11.3 Å². The van der Waals surface area contributed by atoms with Gasteiger partial charge in [-0.3, -0.25) is 0 Å². The number of thiophene rings is 1. The van der Waals surface area contributed by atoms with Crippen molar-refractivity contribution >= 4 is 11.3 Å². The third-order valence-electron chi connectivity index (χ3n) is 4.52. The SMILES string of the molecule is CCc1ccc(C(CC)NCc2cc3c(s2)CCC3)cc1. The minimum Gasteiger partial charge on any atom is -0.305 e. The molecule has 112 valence electrons. The van der Waals surface area contributed by atoms with E-state index in [2.05, 4.69) is 49.5 Å². The summed E-state index contributed by atoms with van der Waals surface area (Å²) in [5.41, 5.74) is 4.44. The van der Waals surface area contributed by atoms with E-state index < -0.39 is 0 Å². The van der Waals surface area contributed by atoms with Crippen molar-refractivity contribution in [2.75, 3.05) is 0 Å². The fraction of sp³-hybridized carbons (Fsp3) is 0.474. The number of hydrogen-bond donors (Lipinski definition) is 1. The normalized spacial score (nSPS) is 15.1. The van der Waals surface area contributed by atoms with Crippen LogP contribution < -0.4 is 5.32 Å². The highest BCUT2D eigenvalue weighted by Gasteiger charge is 2.15. The van der Waals surface area contributed by atoms with Crippen molar-refractivity contribution in [2.45, 2.75) is 58.5 Å². The van der Waals surface area contributed by atoms with Crippen LogP contribution in [0.1, 0.15) is 59.2 Å². The quantitative estimate of drug-likeness (QED) is 0.788. The molecule has 1 aromatic carbocycles. The molecule has 2 aromatic rings. The van der Waals surface area contributed by atoms with E-state index in [0.29, 0.717) is 6.04 Å². The van der Waals surface area contributed by atoms with E-state index in [1.54, 1.807) is 10.4 Å². The second-order valence-corrected chi connectivity index (χ2v) is 7.17. The summed E-state index contributed by atoms with van der Waals surface area (Å²) in [7, 11) is 0. The van der Waals surface area contributed by atoms with Crippen molar-refractivity contribution in [1.29, 1.82) is 0 Å². The van der Waals surface area contributed by atoms with Crippen LogP contribution in [0.2, 0.25) is 0 Å². The predicted octanol–water partition coefficient (Wildman–Crippen LogP) is 5.04.